The zero-order valence-electron chi connectivity index (χ0n) is 14.0. The van der Waals surface area contributed by atoms with Gasteiger partial charge in [-0.1, -0.05) is 26.0 Å². The molecule has 4 aromatic carbocycles. The molecule has 0 spiro atoms. The fourth-order valence-electron chi connectivity index (χ4n) is 2.61. The molecule has 0 aromatic heterocycles. The molecule has 4 aromatic rings. The predicted molar refractivity (Wildman–Crippen MR) is 100 cm³/mol. The Morgan fingerprint density at radius 3 is 1.39 bits per heavy atom. The molecule has 114 valence electrons. The van der Waals surface area contributed by atoms with E-state index in [1.165, 1.54) is 56.9 Å². The van der Waals surface area contributed by atoms with Crippen LogP contribution in [0.15, 0.2) is 72.8 Å². The van der Waals surface area contributed by atoms with E-state index in [9.17, 15) is 0 Å². The monoisotopic (exact) mass is 376 g/mol. The first-order chi connectivity index (χ1) is 11.2. The number of aryl methyl sites for hydroxylation is 2. The van der Waals surface area contributed by atoms with Gasteiger partial charge in [0.2, 0.25) is 0 Å². The largest absolute Gasteiger partial charge is 0.168 e. The third kappa shape index (κ3) is 4.69. The first-order valence-corrected chi connectivity index (χ1v) is 9.26. The van der Waals surface area contributed by atoms with Crippen molar-refractivity contribution in [2.75, 3.05) is 0 Å². The molecule has 0 fully saturated rings. The molecule has 0 radical (unpaired) electrons. The van der Waals surface area contributed by atoms with Gasteiger partial charge in [-0.3, -0.25) is 0 Å². The Balaban J connectivity index is 0.000000143. The second kappa shape index (κ2) is 8.89. The van der Waals surface area contributed by atoms with E-state index < -0.39 is 0 Å². The standard InChI is InChI=1S/2C10H9.C2H4.Zr/c2*1-8-6-7-9-4-2-3-5-10(8)9;1-2;/h2*2-7H,1H3;1H,2H3;/q2*-1;;+2. The van der Waals surface area contributed by atoms with Crippen LogP contribution in [0.5, 0.6) is 0 Å². The van der Waals surface area contributed by atoms with Gasteiger partial charge in [-0.2, -0.15) is 24.3 Å². The van der Waals surface area contributed by atoms with Crippen LogP contribution in [-0.2, 0) is 24.2 Å². The van der Waals surface area contributed by atoms with Crippen LogP contribution in [0.4, 0.5) is 0 Å². The van der Waals surface area contributed by atoms with Crippen molar-refractivity contribution in [2.24, 2.45) is 0 Å². The van der Waals surface area contributed by atoms with E-state index in [1.54, 1.807) is 0 Å². The third-order valence-electron chi connectivity index (χ3n) is 3.80. The summed E-state index contributed by atoms with van der Waals surface area (Å²) in [6, 6.07) is 25.5. The fraction of sp³-hybridized carbons (Fsp3) is 0.136. The van der Waals surface area contributed by atoms with Crippen LogP contribution in [0, 0.1) is 13.8 Å². The van der Waals surface area contributed by atoms with Crippen LogP contribution in [0.2, 0.25) is 0 Å². The minimum Gasteiger partial charge on any atom is -0.168 e. The maximum Gasteiger partial charge on any atom is -0.0748 e. The molecular weight excluding hydrogens is 355 g/mol. The Hall–Kier alpha value is -1.59. The molecule has 0 heterocycles. The SMILES string of the molecule is C[CH]=[Zr+2].C[c-]1ccc2ccccc21.C[c-]1ccc2ccccc21. The molecule has 4 rings (SSSR count). The van der Waals surface area contributed by atoms with Crippen LogP contribution in [0.1, 0.15) is 18.1 Å². The summed E-state index contributed by atoms with van der Waals surface area (Å²) in [7, 11) is 0. The summed E-state index contributed by atoms with van der Waals surface area (Å²) in [5.74, 6) is 0. The third-order valence-corrected chi connectivity index (χ3v) is 3.80. The number of benzene rings is 2. The fourth-order valence-corrected chi connectivity index (χ4v) is 2.61. The van der Waals surface area contributed by atoms with Gasteiger partial charge in [0, 0.05) is 0 Å². The summed E-state index contributed by atoms with van der Waals surface area (Å²) in [5, 5.41) is 5.45. The Kier molecular flexibility index (Phi) is 6.87. The number of hydrogen-bond donors (Lipinski definition) is 0. The minimum absolute atomic E-state index is 1.35. The normalized spacial score (nSPS) is 9.78. The van der Waals surface area contributed by atoms with Crippen LogP contribution >= 0.6 is 0 Å². The van der Waals surface area contributed by atoms with Gasteiger partial charge in [0.25, 0.3) is 0 Å². The molecule has 0 unspecified atom stereocenters. The Labute approximate surface area is 153 Å². The van der Waals surface area contributed by atoms with Crippen molar-refractivity contribution < 1.29 is 24.2 Å². The smallest absolute Gasteiger partial charge is 0.0748 e. The summed E-state index contributed by atoms with van der Waals surface area (Å²) in [4.78, 5) is 0. The molecule has 23 heavy (non-hydrogen) atoms. The van der Waals surface area contributed by atoms with Crippen molar-refractivity contribution >= 4 is 25.3 Å². The molecule has 0 aliphatic heterocycles. The van der Waals surface area contributed by atoms with E-state index in [4.69, 9.17) is 0 Å². The van der Waals surface area contributed by atoms with Crippen LogP contribution in [-0.4, -0.2) is 3.71 Å². The van der Waals surface area contributed by atoms with Crippen LogP contribution < -0.4 is 0 Å². The quantitative estimate of drug-likeness (QED) is 0.325. The van der Waals surface area contributed by atoms with E-state index in [0.717, 1.165) is 0 Å². The van der Waals surface area contributed by atoms with Crippen molar-refractivity contribution in [3.63, 3.8) is 0 Å². The molecule has 1 heteroatoms. The molecule has 0 bridgehead atoms. The number of hydrogen-bond acceptors (Lipinski definition) is 0. The maximum atomic E-state index is 2.16. The van der Waals surface area contributed by atoms with Gasteiger partial charge < -0.3 is 0 Å². The first kappa shape index (κ1) is 17.8. The second-order valence-electron chi connectivity index (χ2n) is 5.50. The van der Waals surface area contributed by atoms with Crippen LogP contribution in [0.3, 0.4) is 0 Å². The Bertz CT molecular complexity index is 805. The first-order valence-electron chi connectivity index (χ1n) is 7.84. The zero-order valence-corrected chi connectivity index (χ0v) is 16.5. The van der Waals surface area contributed by atoms with Crippen molar-refractivity contribution in [3.05, 3.63) is 83.9 Å². The van der Waals surface area contributed by atoms with Gasteiger partial charge >= 0.3 is 34.9 Å². The summed E-state index contributed by atoms with van der Waals surface area (Å²) in [6.07, 6.45) is 0. The van der Waals surface area contributed by atoms with Gasteiger partial charge in [-0.25, -0.2) is 0 Å². The average molecular weight is 378 g/mol. The van der Waals surface area contributed by atoms with E-state index in [2.05, 4.69) is 90.4 Å². The van der Waals surface area contributed by atoms with Gasteiger partial charge in [0.15, 0.2) is 0 Å². The molecular formula is C22H22Zr. The van der Waals surface area contributed by atoms with Gasteiger partial charge in [-0.15, -0.1) is 69.1 Å². The molecule has 0 nitrogen and oxygen atoms in total. The summed E-state index contributed by atoms with van der Waals surface area (Å²) < 4.78 is 2.09. The van der Waals surface area contributed by atoms with Gasteiger partial charge in [-0.05, 0) is 0 Å². The van der Waals surface area contributed by atoms with Crippen LogP contribution in [0.25, 0.3) is 21.5 Å². The second-order valence-corrected chi connectivity index (χ2v) is 6.92. The van der Waals surface area contributed by atoms with Crippen molar-refractivity contribution in [1.82, 2.24) is 0 Å². The number of fused-ring (bicyclic) bond motifs is 2. The van der Waals surface area contributed by atoms with E-state index in [0.29, 0.717) is 0 Å². The summed E-state index contributed by atoms with van der Waals surface area (Å²) in [6.45, 7) is 6.32. The number of rotatable bonds is 0. The van der Waals surface area contributed by atoms with Gasteiger partial charge in [0.1, 0.15) is 0 Å². The molecule has 0 saturated heterocycles. The topological polar surface area (TPSA) is 0 Å². The molecule has 0 aliphatic rings. The summed E-state index contributed by atoms with van der Waals surface area (Å²) in [5.41, 5.74) is 2.74. The molecule has 0 aliphatic carbocycles. The predicted octanol–water partition coefficient (Wildman–Crippen LogP) is 6.09. The Morgan fingerprint density at radius 1 is 0.696 bits per heavy atom. The van der Waals surface area contributed by atoms with E-state index in [-0.39, 0.29) is 0 Å². The van der Waals surface area contributed by atoms with E-state index >= 15 is 0 Å². The molecule has 0 amide bonds. The molecule has 0 atom stereocenters. The van der Waals surface area contributed by atoms with Crippen molar-refractivity contribution in [1.29, 1.82) is 0 Å². The Morgan fingerprint density at radius 2 is 1.04 bits per heavy atom. The maximum absolute atomic E-state index is 2.16. The molecule has 0 N–H and O–H groups in total. The van der Waals surface area contributed by atoms with E-state index in [1.807, 2.05) is 6.92 Å². The van der Waals surface area contributed by atoms with Crippen molar-refractivity contribution in [3.8, 4) is 0 Å². The minimum atomic E-state index is 1.35. The zero-order chi connectivity index (χ0) is 16.7. The van der Waals surface area contributed by atoms with Crippen molar-refractivity contribution in [2.45, 2.75) is 20.8 Å². The average Bonchev–Trinajstić information content (AvgIpc) is 3.14. The van der Waals surface area contributed by atoms with Gasteiger partial charge in [0.05, 0.1) is 0 Å². The summed E-state index contributed by atoms with van der Waals surface area (Å²) >= 11 is 1.51. The molecule has 0 saturated carbocycles.